The highest BCUT2D eigenvalue weighted by molar-refractivity contribution is 5.75. The highest BCUT2D eigenvalue weighted by atomic mass is 16.5. The molecule has 1 amide bonds. The summed E-state index contributed by atoms with van der Waals surface area (Å²) in [6.07, 6.45) is 4.82. The summed E-state index contributed by atoms with van der Waals surface area (Å²) < 4.78 is 6.22. The van der Waals surface area contributed by atoms with Crippen LogP contribution in [0.3, 0.4) is 0 Å². The van der Waals surface area contributed by atoms with Gasteiger partial charge in [-0.05, 0) is 18.6 Å². The maximum absolute atomic E-state index is 11.8. The van der Waals surface area contributed by atoms with E-state index in [1.807, 2.05) is 13.0 Å². The minimum Gasteiger partial charge on any atom is -0.481 e. The molecular weight excluding hydrogens is 232 g/mol. The third-order valence-electron chi connectivity index (χ3n) is 2.52. The van der Waals surface area contributed by atoms with Gasteiger partial charge in [0, 0.05) is 24.7 Å². The van der Waals surface area contributed by atoms with Crippen molar-refractivity contribution >= 4 is 6.03 Å². The van der Waals surface area contributed by atoms with Crippen LogP contribution in [0.25, 0.3) is 0 Å². The summed E-state index contributed by atoms with van der Waals surface area (Å²) in [6, 6.07) is 4.88. The van der Waals surface area contributed by atoms with Crippen LogP contribution < -0.4 is 10.1 Å². The molecule has 0 fully saturated rings. The average molecular weight is 246 g/mol. The van der Waals surface area contributed by atoms with Crippen LogP contribution in [0, 0.1) is 0 Å². The van der Waals surface area contributed by atoms with E-state index < -0.39 is 0 Å². The topological polar surface area (TPSA) is 69.0 Å². The number of carbonyl (C=O) groups excluding carboxylic acids is 1. The minimum absolute atomic E-state index is 0.153. The molecule has 6 heteroatoms. The molecule has 6 nitrogen and oxygen atoms in total. The molecule has 2 heterocycles. The Bertz CT molecular complexity index is 507. The van der Waals surface area contributed by atoms with Crippen molar-refractivity contribution < 1.29 is 9.53 Å². The van der Waals surface area contributed by atoms with E-state index in [1.165, 1.54) is 4.68 Å². The molecule has 0 aliphatic carbocycles. The molecule has 0 aliphatic heterocycles. The Kier molecular flexibility index (Phi) is 3.57. The third-order valence-corrected chi connectivity index (χ3v) is 2.52. The second-order valence-corrected chi connectivity index (χ2v) is 3.76. The fraction of sp³-hybridized carbons (Fsp3) is 0.250. The van der Waals surface area contributed by atoms with Gasteiger partial charge in [0.2, 0.25) is 5.88 Å². The predicted octanol–water partition coefficient (Wildman–Crippen LogP) is 1.61. The van der Waals surface area contributed by atoms with Gasteiger partial charge < -0.3 is 10.1 Å². The minimum atomic E-state index is -0.275. The summed E-state index contributed by atoms with van der Waals surface area (Å²) in [6.45, 7) is 1.88. The van der Waals surface area contributed by atoms with Gasteiger partial charge in [0.1, 0.15) is 0 Å². The molecule has 0 saturated heterocycles. The van der Waals surface area contributed by atoms with E-state index in [9.17, 15) is 4.79 Å². The smallest absolute Gasteiger partial charge is 0.342 e. The van der Waals surface area contributed by atoms with Crippen LogP contribution in [0.2, 0.25) is 0 Å². The first-order valence-electron chi connectivity index (χ1n) is 5.51. The van der Waals surface area contributed by atoms with E-state index in [1.54, 1.807) is 37.8 Å². The molecule has 18 heavy (non-hydrogen) atoms. The molecule has 1 atom stereocenters. The van der Waals surface area contributed by atoms with Gasteiger partial charge in [0.05, 0.1) is 13.2 Å². The van der Waals surface area contributed by atoms with E-state index >= 15 is 0 Å². The number of ether oxygens (including phenoxy) is 1. The fourth-order valence-electron chi connectivity index (χ4n) is 1.49. The molecule has 94 valence electrons. The second kappa shape index (κ2) is 5.31. The highest BCUT2D eigenvalue weighted by Crippen LogP contribution is 2.14. The Morgan fingerprint density at radius 3 is 2.89 bits per heavy atom. The average Bonchev–Trinajstić information content (AvgIpc) is 2.92. The van der Waals surface area contributed by atoms with Crippen LogP contribution in [-0.2, 0) is 0 Å². The standard InChI is InChI=1S/C12H14N4O2/c1-9(10-4-5-11(18-2)13-8-10)15-12(17)16-7-3-6-14-16/h3-9H,1-2H3,(H,15,17). The molecule has 0 aromatic carbocycles. The van der Waals surface area contributed by atoms with Crippen molar-refractivity contribution in [3.63, 3.8) is 0 Å². The summed E-state index contributed by atoms with van der Waals surface area (Å²) >= 11 is 0. The van der Waals surface area contributed by atoms with Gasteiger partial charge >= 0.3 is 6.03 Å². The Balaban J connectivity index is 2.02. The summed E-state index contributed by atoms with van der Waals surface area (Å²) in [5, 5.41) is 6.68. The van der Waals surface area contributed by atoms with E-state index in [-0.39, 0.29) is 12.1 Å². The predicted molar refractivity (Wildman–Crippen MR) is 65.4 cm³/mol. The number of pyridine rings is 1. The zero-order valence-electron chi connectivity index (χ0n) is 10.2. The zero-order chi connectivity index (χ0) is 13.0. The van der Waals surface area contributed by atoms with Crippen LogP contribution in [0.5, 0.6) is 5.88 Å². The maximum Gasteiger partial charge on any atom is 0.342 e. The van der Waals surface area contributed by atoms with E-state index in [2.05, 4.69) is 15.4 Å². The molecule has 0 spiro atoms. The number of rotatable bonds is 3. The van der Waals surface area contributed by atoms with Crippen molar-refractivity contribution in [3.8, 4) is 5.88 Å². The zero-order valence-corrected chi connectivity index (χ0v) is 10.2. The van der Waals surface area contributed by atoms with Gasteiger partial charge in [-0.15, -0.1) is 0 Å². The normalized spacial score (nSPS) is 11.9. The first-order valence-corrected chi connectivity index (χ1v) is 5.51. The Hall–Kier alpha value is -2.37. The summed E-state index contributed by atoms with van der Waals surface area (Å²) in [5.74, 6) is 0.546. The van der Waals surface area contributed by atoms with Gasteiger partial charge in [-0.3, -0.25) is 0 Å². The quantitative estimate of drug-likeness (QED) is 0.893. The number of hydrogen-bond acceptors (Lipinski definition) is 4. The Morgan fingerprint density at radius 2 is 2.33 bits per heavy atom. The monoisotopic (exact) mass is 246 g/mol. The Labute approximate surface area is 105 Å². The first-order chi connectivity index (χ1) is 8.70. The van der Waals surface area contributed by atoms with Crippen molar-refractivity contribution in [3.05, 3.63) is 42.4 Å². The lowest BCUT2D eigenvalue weighted by Gasteiger charge is -2.13. The number of carbonyl (C=O) groups is 1. The van der Waals surface area contributed by atoms with Crippen LogP contribution in [0.15, 0.2) is 36.8 Å². The van der Waals surface area contributed by atoms with E-state index in [4.69, 9.17) is 4.74 Å². The van der Waals surface area contributed by atoms with Crippen molar-refractivity contribution in [1.82, 2.24) is 20.1 Å². The van der Waals surface area contributed by atoms with Crippen LogP contribution in [0.4, 0.5) is 4.79 Å². The molecule has 2 aromatic heterocycles. The molecule has 0 radical (unpaired) electrons. The number of aromatic nitrogens is 3. The number of methoxy groups -OCH3 is 1. The number of nitrogens with zero attached hydrogens (tertiary/aromatic N) is 3. The summed E-state index contributed by atoms with van der Waals surface area (Å²) in [7, 11) is 1.56. The van der Waals surface area contributed by atoms with Gasteiger partial charge in [0.15, 0.2) is 0 Å². The van der Waals surface area contributed by atoms with Crippen molar-refractivity contribution in [2.45, 2.75) is 13.0 Å². The summed E-state index contributed by atoms with van der Waals surface area (Å²) in [5.41, 5.74) is 0.899. The van der Waals surface area contributed by atoms with Crippen molar-refractivity contribution in [2.24, 2.45) is 0 Å². The molecule has 1 unspecified atom stereocenters. The van der Waals surface area contributed by atoms with Crippen LogP contribution in [0.1, 0.15) is 18.5 Å². The molecular formula is C12H14N4O2. The Morgan fingerprint density at radius 1 is 1.50 bits per heavy atom. The number of nitrogens with one attached hydrogen (secondary N) is 1. The molecule has 0 saturated carbocycles. The van der Waals surface area contributed by atoms with E-state index in [0.717, 1.165) is 5.56 Å². The van der Waals surface area contributed by atoms with Crippen molar-refractivity contribution in [2.75, 3.05) is 7.11 Å². The van der Waals surface area contributed by atoms with Gasteiger partial charge in [0.25, 0.3) is 0 Å². The van der Waals surface area contributed by atoms with Crippen molar-refractivity contribution in [1.29, 1.82) is 0 Å². The lowest BCUT2D eigenvalue weighted by Crippen LogP contribution is -2.31. The van der Waals surface area contributed by atoms with E-state index in [0.29, 0.717) is 5.88 Å². The van der Waals surface area contributed by atoms with Crippen LogP contribution >= 0.6 is 0 Å². The molecule has 2 rings (SSSR count). The third kappa shape index (κ3) is 2.65. The number of amides is 1. The summed E-state index contributed by atoms with van der Waals surface area (Å²) in [4.78, 5) is 15.8. The molecule has 1 N–H and O–H groups in total. The van der Waals surface area contributed by atoms with Gasteiger partial charge in [-0.25, -0.2) is 9.78 Å². The van der Waals surface area contributed by atoms with Crippen LogP contribution in [-0.4, -0.2) is 27.9 Å². The maximum atomic E-state index is 11.8. The molecule has 0 bridgehead atoms. The lowest BCUT2D eigenvalue weighted by atomic mass is 10.1. The fourth-order valence-corrected chi connectivity index (χ4v) is 1.49. The molecule has 0 aliphatic rings. The SMILES string of the molecule is COc1ccc(C(C)NC(=O)n2cccn2)cn1. The van der Waals surface area contributed by atoms with Gasteiger partial charge in [-0.2, -0.15) is 9.78 Å². The van der Waals surface area contributed by atoms with Gasteiger partial charge in [-0.1, -0.05) is 6.07 Å². The highest BCUT2D eigenvalue weighted by Gasteiger charge is 2.11. The largest absolute Gasteiger partial charge is 0.481 e. The second-order valence-electron chi connectivity index (χ2n) is 3.76. The lowest BCUT2D eigenvalue weighted by molar-refractivity contribution is 0.236. The molecule has 2 aromatic rings. The number of hydrogen-bond donors (Lipinski definition) is 1. The first kappa shape index (κ1) is 12.1.